The van der Waals surface area contributed by atoms with Gasteiger partial charge >= 0.3 is 0 Å². The van der Waals surface area contributed by atoms with Gasteiger partial charge in [-0.05, 0) is 19.1 Å². The van der Waals surface area contributed by atoms with Crippen molar-refractivity contribution in [3.63, 3.8) is 0 Å². The molecule has 0 aliphatic heterocycles. The second-order valence-electron chi connectivity index (χ2n) is 3.04. The van der Waals surface area contributed by atoms with Gasteiger partial charge in [0.15, 0.2) is 18.1 Å². The fourth-order valence-electron chi connectivity index (χ4n) is 1.15. The van der Waals surface area contributed by atoms with E-state index in [9.17, 15) is 4.79 Å². The van der Waals surface area contributed by atoms with E-state index < -0.39 is 0 Å². The zero-order valence-corrected chi connectivity index (χ0v) is 10.0. The Bertz CT molecular complexity index is 368. The van der Waals surface area contributed by atoms with Gasteiger partial charge in [-0.1, -0.05) is 11.6 Å². The summed E-state index contributed by atoms with van der Waals surface area (Å²) >= 11 is 5.79. The topological polar surface area (TPSA) is 47.6 Å². The summed E-state index contributed by atoms with van der Waals surface area (Å²) in [7, 11) is 1.52. The van der Waals surface area contributed by atoms with Gasteiger partial charge in [0, 0.05) is 17.6 Å². The highest BCUT2D eigenvalue weighted by Gasteiger charge is 2.07. The second-order valence-corrected chi connectivity index (χ2v) is 3.47. The molecule has 0 bridgehead atoms. The molecule has 0 heterocycles. The van der Waals surface area contributed by atoms with Crippen LogP contribution in [0, 0.1) is 0 Å². The normalized spacial score (nSPS) is 9.69. The average molecular weight is 244 g/mol. The molecular formula is C11H14ClNO3. The lowest BCUT2D eigenvalue weighted by Crippen LogP contribution is -2.28. The van der Waals surface area contributed by atoms with Crippen molar-refractivity contribution >= 4 is 17.5 Å². The first-order valence-corrected chi connectivity index (χ1v) is 5.28. The Labute approximate surface area is 99.5 Å². The summed E-state index contributed by atoms with van der Waals surface area (Å²) in [6.07, 6.45) is 0. The SMILES string of the molecule is CCNC(=O)COc1ccc(Cl)cc1OC. The third kappa shape index (κ3) is 3.62. The molecule has 1 amide bonds. The van der Waals surface area contributed by atoms with E-state index >= 15 is 0 Å². The smallest absolute Gasteiger partial charge is 0.257 e. The van der Waals surface area contributed by atoms with Crippen molar-refractivity contribution in [2.45, 2.75) is 6.92 Å². The number of amides is 1. The summed E-state index contributed by atoms with van der Waals surface area (Å²) in [5.74, 6) is 0.842. The van der Waals surface area contributed by atoms with Gasteiger partial charge in [0.25, 0.3) is 5.91 Å². The minimum atomic E-state index is -0.167. The standard InChI is InChI=1S/C11H14ClNO3/c1-3-13-11(14)7-16-9-5-4-8(12)6-10(9)15-2/h4-6H,3,7H2,1-2H3,(H,13,14). The maximum atomic E-state index is 11.2. The third-order valence-corrected chi connectivity index (χ3v) is 2.09. The Morgan fingerprint density at radius 3 is 2.81 bits per heavy atom. The first kappa shape index (κ1) is 12.6. The highest BCUT2D eigenvalue weighted by molar-refractivity contribution is 6.30. The zero-order chi connectivity index (χ0) is 12.0. The Kier molecular flexibility index (Phi) is 4.92. The Morgan fingerprint density at radius 2 is 2.19 bits per heavy atom. The maximum absolute atomic E-state index is 11.2. The van der Waals surface area contributed by atoms with E-state index in [-0.39, 0.29) is 12.5 Å². The Hall–Kier alpha value is -1.42. The molecule has 0 radical (unpaired) electrons. The van der Waals surface area contributed by atoms with Crippen molar-refractivity contribution in [3.8, 4) is 11.5 Å². The van der Waals surface area contributed by atoms with Crippen molar-refractivity contribution in [1.82, 2.24) is 5.32 Å². The highest BCUT2D eigenvalue weighted by Crippen LogP contribution is 2.29. The quantitative estimate of drug-likeness (QED) is 0.859. The predicted molar refractivity (Wildman–Crippen MR) is 62.2 cm³/mol. The molecule has 1 aromatic rings. The largest absolute Gasteiger partial charge is 0.493 e. The van der Waals surface area contributed by atoms with Crippen molar-refractivity contribution in [2.75, 3.05) is 20.3 Å². The number of likely N-dealkylation sites (N-methyl/N-ethyl adjacent to an activating group) is 1. The molecule has 0 aromatic heterocycles. The maximum Gasteiger partial charge on any atom is 0.257 e. The first-order valence-electron chi connectivity index (χ1n) is 4.90. The fourth-order valence-corrected chi connectivity index (χ4v) is 1.31. The number of halogens is 1. The van der Waals surface area contributed by atoms with E-state index in [1.165, 1.54) is 7.11 Å². The van der Waals surface area contributed by atoms with Crippen LogP contribution in [0.15, 0.2) is 18.2 Å². The summed E-state index contributed by atoms with van der Waals surface area (Å²) in [5, 5.41) is 3.19. The van der Waals surface area contributed by atoms with Gasteiger partial charge in [0.1, 0.15) is 0 Å². The molecule has 16 heavy (non-hydrogen) atoms. The number of benzene rings is 1. The average Bonchev–Trinajstić information content (AvgIpc) is 2.27. The van der Waals surface area contributed by atoms with Gasteiger partial charge in [-0.25, -0.2) is 0 Å². The van der Waals surface area contributed by atoms with Crippen LogP contribution in [0.2, 0.25) is 5.02 Å². The van der Waals surface area contributed by atoms with Crippen LogP contribution in [0.4, 0.5) is 0 Å². The number of nitrogens with one attached hydrogen (secondary N) is 1. The monoisotopic (exact) mass is 243 g/mol. The molecule has 1 aromatic carbocycles. The predicted octanol–water partition coefficient (Wildman–Crippen LogP) is 1.86. The minimum absolute atomic E-state index is 0.0359. The fraction of sp³-hybridized carbons (Fsp3) is 0.364. The van der Waals surface area contributed by atoms with E-state index in [0.717, 1.165) is 0 Å². The van der Waals surface area contributed by atoms with E-state index in [2.05, 4.69) is 5.32 Å². The second kappa shape index (κ2) is 6.23. The van der Waals surface area contributed by atoms with E-state index in [1.54, 1.807) is 18.2 Å². The van der Waals surface area contributed by atoms with Crippen LogP contribution in [0.1, 0.15) is 6.92 Å². The number of methoxy groups -OCH3 is 1. The molecule has 0 saturated carbocycles. The minimum Gasteiger partial charge on any atom is -0.493 e. The number of carbonyl (C=O) groups is 1. The van der Waals surface area contributed by atoms with Crippen LogP contribution < -0.4 is 14.8 Å². The Balaban J connectivity index is 2.63. The third-order valence-electron chi connectivity index (χ3n) is 1.86. The van der Waals surface area contributed by atoms with Crippen molar-refractivity contribution < 1.29 is 14.3 Å². The summed E-state index contributed by atoms with van der Waals surface area (Å²) in [5.41, 5.74) is 0. The molecule has 1 N–H and O–H groups in total. The van der Waals surface area contributed by atoms with Crippen molar-refractivity contribution in [3.05, 3.63) is 23.2 Å². The van der Waals surface area contributed by atoms with Crippen LogP contribution >= 0.6 is 11.6 Å². The molecule has 0 atom stereocenters. The number of ether oxygens (including phenoxy) is 2. The van der Waals surface area contributed by atoms with Crippen LogP contribution in [-0.4, -0.2) is 26.2 Å². The molecular weight excluding hydrogens is 230 g/mol. The van der Waals surface area contributed by atoms with Crippen LogP contribution in [-0.2, 0) is 4.79 Å². The molecule has 0 aliphatic carbocycles. The van der Waals surface area contributed by atoms with E-state index in [0.29, 0.717) is 23.1 Å². The molecule has 1 rings (SSSR count). The summed E-state index contributed by atoms with van der Waals surface area (Å²) in [6.45, 7) is 2.40. The van der Waals surface area contributed by atoms with Gasteiger partial charge in [-0.3, -0.25) is 4.79 Å². The molecule has 0 spiro atoms. The molecule has 0 fully saturated rings. The number of hydrogen-bond donors (Lipinski definition) is 1. The van der Waals surface area contributed by atoms with Crippen LogP contribution in [0.3, 0.4) is 0 Å². The molecule has 0 unspecified atom stereocenters. The van der Waals surface area contributed by atoms with Gasteiger partial charge in [-0.2, -0.15) is 0 Å². The molecule has 5 heteroatoms. The zero-order valence-electron chi connectivity index (χ0n) is 9.25. The lowest BCUT2D eigenvalue weighted by molar-refractivity contribution is -0.123. The van der Waals surface area contributed by atoms with Gasteiger partial charge in [0.2, 0.25) is 0 Å². The summed E-state index contributed by atoms with van der Waals surface area (Å²) in [4.78, 5) is 11.2. The van der Waals surface area contributed by atoms with Gasteiger partial charge in [0.05, 0.1) is 7.11 Å². The van der Waals surface area contributed by atoms with Crippen molar-refractivity contribution in [2.24, 2.45) is 0 Å². The summed E-state index contributed by atoms with van der Waals surface area (Å²) < 4.78 is 10.4. The number of carbonyl (C=O) groups excluding carboxylic acids is 1. The van der Waals surface area contributed by atoms with Gasteiger partial charge < -0.3 is 14.8 Å². The molecule has 4 nitrogen and oxygen atoms in total. The lowest BCUT2D eigenvalue weighted by Gasteiger charge is -2.10. The highest BCUT2D eigenvalue weighted by atomic mass is 35.5. The number of rotatable bonds is 5. The molecule has 88 valence electrons. The Morgan fingerprint density at radius 1 is 1.44 bits per heavy atom. The van der Waals surface area contributed by atoms with Crippen molar-refractivity contribution in [1.29, 1.82) is 0 Å². The van der Waals surface area contributed by atoms with E-state index in [1.807, 2.05) is 6.92 Å². The molecule has 0 aliphatic rings. The first-order chi connectivity index (χ1) is 7.67. The van der Waals surface area contributed by atoms with Crippen LogP contribution in [0.25, 0.3) is 0 Å². The van der Waals surface area contributed by atoms with Gasteiger partial charge in [-0.15, -0.1) is 0 Å². The van der Waals surface area contributed by atoms with E-state index in [4.69, 9.17) is 21.1 Å². The molecule has 0 saturated heterocycles. The summed E-state index contributed by atoms with van der Waals surface area (Å²) in [6, 6.07) is 4.98. The number of hydrogen-bond acceptors (Lipinski definition) is 3. The van der Waals surface area contributed by atoms with Crippen LogP contribution in [0.5, 0.6) is 11.5 Å². The lowest BCUT2D eigenvalue weighted by atomic mass is 10.3.